The molecule has 0 unspecified atom stereocenters. The summed E-state index contributed by atoms with van der Waals surface area (Å²) >= 11 is 0. The van der Waals surface area contributed by atoms with Gasteiger partial charge in [-0.1, -0.05) is 86.3 Å². The van der Waals surface area contributed by atoms with Gasteiger partial charge in [0.1, 0.15) is 12.4 Å². The first-order chi connectivity index (χ1) is 18.3. The molecule has 0 radical (unpaired) electrons. The van der Waals surface area contributed by atoms with Crippen LogP contribution >= 0.6 is 0 Å². The fraction of sp³-hybridized carbons (Fsp3) is 0.484. The third-order valence-electron chi connectivity index (χ3n) is 6.34. The van der Waals surface area contributed by atoms with Crippen molar-refractivity contribution in [3.8, 4) is 0 Å². The summed E-state index contributed by atoms with van der Waals surface area (Å²) in [6.45, 7) is 2.91. The highest BCUT2D eigenvalue weighted by Crippen LogP contribution is 2.17. The molecule has 3 rings (SSSR count). The summed E-state index contributed by atoms with van der Waals surface area (Å²) in [5, 5.41) is 0. The van der Waals surface area contributed by atoms with Gasteiger partial charge in [0.25, 0.3) is 0 Å². The molecular weight excluding hydrogens is 464 g/mol. The first-order valence-electron chi connectivity index (χ1n) is 13.7. The zero-order valence-corrected chi connectivity index (χ0v) is 22.0. The molecule has 1 heterocycles. The lowest BCUT2D eigenvalue weighted by molar-refractivity contribution is 0.0842. The monoisotopic (exact) mass is 506 g/mol. The van der Waals surface area contributed by atoms with Crippen molar-refractivity contribution in [2.45, 2.75) is 83.5 Å². The van der Waals surface area contributed by atoms with Gasteiger partial charge in [-0.15, -0.1) is 0 Å². The van der Waals surface area contributed by atoms with Gasteiger partial charge < -0.3 is 14.2 Å². The second kappa shape index (κ2) is 18.3. The molecule has 0 aliphatic heterocycles. The molecule has 0 N–H and O–H groups in total. The van der Waals surface area contributed by atoms with E-state index in [1.54, 1.807) is 12.4 Å². The van der Waals surface area contributed by atoms with Crippen LogP contribution in [0.5, 0.6) is 0 Å². The average molecular weight is 507 g/mol. The number of unbranched alkanes of at least 4 members (excludes halogenated alkanes) is 6. The van der Waals surface area contributed by atoms with Crippen LogP contribution < -0.4 is 0 Å². The van der Waals surface area contributed by atoms with Gasteiger partial charge in [0.15, 0.2) is 0 Å². The summed E-state index contributed by atoms with van der Waals surface area (Å²) < 4.78 is 18.8. The Morgan fingerprint density at radius 2 is 1.22 bits per heavy atom. The molecule has 0 bridgehead atoms. The van der Waals surface area contributed by atoms with Gasteiger partial charge in [-0.3, -0.25) is 0 Å². The number of nitrogens with zero attached hydrogens (tertiary/aromatic N) is 2. The molecule has 1 aromatic heterocycles. The maximum Gasteiger partial charge on any atom is 0.419 e. The van der Waals surface area contributed by atoms with E-state index in [4.69, 9.17) is 14.2 Å². The Kier molecular flexibility index (Phi) is 14.2. The van der Waals surface area contributed by atoms with Gasteiger partial charge in [0.05, 0.1) is 13.2 Å². The van der Waals surface area contributed by atoms with E-state index in [9.17, 15) is 4.79 Å². The van der Waals surface area contributed by atoms with Crippen LogP contribution in [0, 0.1) is 0 Å². The van der Waals surface area contributed by atoms with E-state index in [0.717, 1.165) is 77.4 Å². The van der Waals surface area contributed by atoms with Gasteiger partial charge in [0, 0.05) is 25.6 Å². The van der Waals surface area contributed by atoms with Crippen LogP contribution in [-0.2, 0) is 27.4 Å². The van der Waals surface area contributed by atoms with Crippen LogP contribution in [0.25, 0.3) is 0 Å². The number of benzene rings is 2. The Morgan fingerprint density at radius 3 is 1.70 bits per heavy atom. The first-order valence-corrected chi connectivity index (χ1v) is 13.7. The number of ether oxygens (including phenoxy) is 3. The molecule has 0 aliphatic carbocycles. The summed E-state index contributed by atoms with van der Waals surface area (Å²) in [6, 6.07) is 20.5. The van der Waals surface area contributed by atoms with E-state index < -0.39 is 0 Å². The predicted molar refractivity (Wildman–Crippen MR) is 146 cm³/mol. The predicted octanol–water partition coefficient (Wildman–Crippen LogP) is 7.57. The smallest absolute Gasteiger partial charge is 0.419 e. The number of carbonyl (C=O) groups excluding carboxylic acids is 1. The first kappa shape index (κ1) is 28.6. The number of carbonyl (C=O) groups is 1. The topological polar surface area (TPSA) is 62.6 Å². The van der Waals surface area contributed by atoms with Crippen LogP contribution in [0.1, 0.15) is 75.3 Å². The van der Waals surface area contributed by atoms with Crippen molar-refractivity contribution >= 4 is 6.09 Å². The number of imidazole rings is 1. The summed E-state index contributed by atoms with van der Waals surface area (Å²) in [6.07, 6.45) is 14.8. The van der Waals surface area contributed by atoms with Crippen LogP contribution in [0.4, 0.5) is 4.79 Å². The molecule has 3 aromatic rings. The molecule has 6 heteroatoms. The highest BCUT2D eigenvalue weighted by molar-refractivity contribution is 5.70. The molecule has 0 fully saturated rings. The van der Waals surface area contributed by atoms with Crippen molar-refractivity contribution in [2.75, 3.05) is 13.2 Å². The second-order valence-electron chi connectivity index (χ2n) is 9.46. The molecule has 2 aromatic carbocycles. The molecule has 0 atom stereocenters. The Labute approximate surface area is 222 Å². The number of aromatic nitrogens is 2. The van der Waals surface area contributed by atoms with Crippen LogP contribution in [0.3, 0.4) is 0 Å². The van der Waals surface area contributed by atoms with Gasteiger partial charge in [-0.2, -0.15) is 0 Å². The van der Waals surface area contributed by atoms with E-state index in [2.05, 4.69) is 29.2 Å². The van der Waals surface area contributed by atoms with E-state index in [1.165, 1.54) is 22.0 Å². The van der Waals surface area contributed by atoms with Crippen LogP contribution in [0.2, 0.25) is 0 Å². The number of hydrogen-bond acceptors (Lipinski definition) is 5. The Bertz CT molecular complexity index is 892. The largest absolute Gasteiger partial charge is 0.446 e. The quantitative estimate of drug-likeness (QED) is 0.157. The molecule has 6 nitrogen and oxygen atoms in total. The number of rotatable bonds is 19. The van der Waals surface area contributed by atoms with E-state index in [0.29, 0.717) is 13.2 Å². The normalized spacial score (nSPS) is 11.2. The molecule has 0 amide bonds. The summed E-state index contributed by atoms with van der Waals surface area (Å²) in [4.78, 5) is 16.4. The van der Waals surface area contributed by atoms with Gasteiger partial charge in [-0.05, 0) is 49.7 Å². The minimum Gasteiger partial charge on any atom is -0.446 e. The maximum absolute atomic E-state index is 12.4. The van der Waals surface area contributed by atoms with Crippen molar-refractivity contribution in [1.82, 2.24) is 9.55 Å². The molecule has 0 aliphatic rings. The molecule has 0 saturated carbocycles. The minimum absolute atomic E-state index is 0.0569. The molecule has 37 heavy (non-hydrogen) atoms. The van der Waals surface area contributed by atoms with Crippen LogP contribution in [0.15, 0.2) is 79.4 Å². The lowest BCUT2D eigenvalue weighted by atomic mass is 10.0. The van der Waals surface area contributed by atoms with Crippen molar-refractivity contribution in [3.05, 3.63) is 90.5 Å². The molecule has 0 spiro atoms. The van der Waals surface area contributed by atoms with Crippen LogP contribution in [-0.4, -0.2) is 35.0 Å². The van der Waals surface area contributed by atoms with Crippen molar-refractivity contribution in [2.24, 2.45) is 0 Å². The zero-order chi connectivity index (χ0) is 25.8. The lowest BCUT2D eigenvalue weighted by Crippen LogP contribution is -2.21. The van der Waals surface area contributed by atoms with Crippen molar-refractivity contribution in [1.29, 1.82) is 0 Å². The SMILES string of the molecule is O=C(OC(CCCCCCOCc1ccccc1)CCCCCCOCc1ccccc1)n1ccnc1. The second-order valence-corrected chi connectivity index (χ2v) is 9.46. The fourth-order valence-corrected chi connectivity index (χ4v) is 4.22. The van der Waals surface area contributed by atoms with E-state index in [-0.39, 0.29) is 12.2 Å². The Hall–Kier alpha value is -2.96. The maximum atomic E-state index is 12.4. The molecule has 0 saturated heterocycles. The van der Waals surface area contributed by atoms with Gasteiger partial charge in [-0.25, -0.2) is 14.3 Å². The minimum atomic E-state index is -0.342. The molecular formula is C31H42N2O4. The lowest BCUT2D eigenvalue weighted by Gasteiger charge is -2.18. The van der Waals surface area contributed by atoms with Crippen molar-refractivity contribution in [3.63, 3.8) is 0 Å². The highest BCUT2D eigenvalue weighted by atomic mass is 16.6. The number of hydrogen-bond donors (Lipinski definition) is 0. The van der Waals surface area contributed by atoms with Crippen molar-refractivity contribution < 1.29 is 19.0 Å². The third-order valence-corrected chi connectivity index (χ3v) is 6.34. The Morgan fingerprint density at radius 1 is 0.703 bits per heavy atom. The molecule has 200 valence electrons. The fourth-order valence-electron chi connectivity index (χ4n) is 4.22. The summed E-state index contributed by atoms with van der Waals surface area (Å²) in [5.74, 6) is 0. The summed E-state index contributed by atoms with van der Waals surface area (Å²) in [7, 11) is 0. The van der Waals surface area contributed by atoms with Gasteiger partial charge in [0.2, 0.25) is 0 Å². The standard InChI is InChI=1S/C31H42N2O4/c34-31(33-22-21-32-27-33)37-30(19-11-1-3-13-23-35-25-28-15-7-5-8-16-28)20-12-2-4-14-24-36-26-29-17-9-6-10-18-29/h5-10,15-18,21-22,27,30H,1-4,11-14,19-20,23-26H2. The zero-order valence-electron chi connectivity index (χ0n) is 22.0. The average Bonchev–Trinajstić information content (AvgIpc) is 3.48. The summed E-state index contributed by atoms with van der Waals surface area (Å²) in [5.41, 5.74) is 2.43. The Balaban J connectivity index is 1.25. The van der Waals surface area contributed by atoms with E-state index in [1.807, 2.05) is 36.4 Å². The van der Waals surface area contributed by atoms with E-state index >= 15 is 0 Å². The highest BCUT2D eigenvalue weighted by Gasteiger charge is 2.15. The van der Waals surface area contributed by atoms with Gasteiger partial charge >= 0.3 is 6.09 Å². The third kappa shape index (κ3) is 12.7.